The molecule has 0 saturated carbocycles. The van der Waals surface area contributed by atoms with Gasteiger partial charge in [0, 0.05) is 0 Å². The highest BCUT2D eigenvalue weighted by molar-refractivity contribution is 7.38. The van der Waals surface area contributed by atoms with E-state index < -0.39 is 0 Å². The van der Waals surface area contributed by atoms with Crippen molar-refractivity contribution in [2.24, 2.45) is 0 Å². The third-order valence-corrected chi connectivity index (χ3v) is 4.44. The van der Waals surface area contributed by atoms with Gasteiger partial charge in [0.05, 0.1) is 0 Å². The summed E-state index contributed by atoms with van der Waals surface area (Å²) >= 11 is 0. The quantitative estimate of drug-likeness (QED) is 0.534. The molecule has 0 spiro atoms. The molecule has 0 nitrogen and oxygen atoms in total. The molecule has 0 atom stereocenters. The normalized spacial score (nSPS) is 14.0. The van der Waals surface area contributed by atoms with Gasteiger partial charge in [0.15, 0.2) is 0 Å². The monoisotopic (exact) mass is 304 g/mol. The van der Waals surface area contributed by atoms with Crippen LogP contribution in [0, 0.1) is 0 Å². The maximum atomic E-state index is 2.44. The molecule has 0 N–H and O–H groups in total. The summed E-state index contributed by atoms with van der Waals surface area (Å²) in [5, 5.41) is 0. The molecule has 0 fully saturated rings. The molecule has 0 aliphatic heterocycles. The molecule has 1 rings (SSSR count). The lowest BCUT2D eigenvalue weighted by Gasteiger charge is -2.32. The molecule has 1 aromatic carbocycles. The van der Waals surface area contributed by atoms with Crippen molar-refractivity contribution in [3.63, 3.8) is 0 Å². The van der Waals surface area contributed by atoms with Crippen molar-refractivity contribution < 1.29 is 0 Å². The SMILES string of the molecule is CP=Cc1c(C(C)(C)C)cc(C(C)(C)C)cc1C(C)(C)C. The lowest BCUT2D eigenvalue weighted by molar-refractivity contribution is 0.547. The molecule has 0 radical (unpaired) electrons. The fourth-order valence-corrected chi connectivity index (χ4v) is 3.13. The van der Waals surface area contributed by atoms with Gasteiger partial charge in [-0.15, -0.1) is 8.20 Å². The van der Waals surface area contributed by atoms with E-state index >= 15 is 0 Å². The summed E-state index contributed by atoms with van der Waals surface area (Å²) in [4.78, 5) is 0. The maximum Gasteiger partial charge on any atom is -0.0126 e. The van der Waals surface area contributed by atoms with Gasteiger partial charge in [-0.2, -0.15) is 0 Å². The molecule has 118 valence electrons. The molecule has 0 aromatic heterocycles. The summed E-state index contributed by atoms with van der Waals surface area (Å²) in [7, 11) is 1.32. The summed E-state index contributed by atoms with van der Waals surface area (Å²) in [5.74, 6) is 2.38. The fourth-order valence-electron chi connectivity index (χ4n) is 2.60. The van der Waals surface area contributed by atoms with Crippen LogP contribution < -0.4 is 0 Å². The first-order valence-corrected chi connectivity index (χ1v) is 9.31. The molecule has 1 aromatic rings. The number of hydrogen-bond acceptors (Lipinski definition) is 0. The van der Waals surface area contributed by atoms with Crippen LogP contribution in [-0.2, 0) is 16.2 Å². The lowest BCUT2D eigenvalue weighted by atomic mass is 9.73. The summed E-state index contributed by atoms with van der Waals surface area (Å²) in [5.41, 5.74) is 6.37. The van der Waals surface area contributed by atoms with Gasteiger partial charge in [0.2, 0.25) is 0 Å². The zero-order valence-electron chi connectivity index (χ0n) is 15.7. The van der Waals surface area contributed by atoms with Gasteiger partial charge < -0.3 is 0 Å². The number of benzene rings is 1. The van der Waals surface area contributed by atoms with Crippen LogP contribution in [0.4, 0.5) is 0 Å². The van der Waals surface area contributed by atoms with Crippen LogP contribution in [0.3, 0.4) is 0 Å². The van der Waals surface area contributed by atoms with E-state index in [0.29, 0.717) is 0 Å². The first kappa shape index (κ1) is 18.4. The van der Waals surface area contributed by atoms with Crippen molar-refractivity contribution in [2.45, 2.75) is 78.6 Å². The van der Waals surface area contributed by atoms with E-state index in [1.807, 2.05) is 0 Å². The Kier molecular flexibility index (Phi) is 5.16. The standard InChI is InChI=1S/C20H33P/c1-18(2,3)14-11-16(19(4,5)6)15(13-21-10)17(12-14)20(7,8)9/h11-13H,1-10H3. The predicted octanol–water partition coefficient (Wildman–Crippen LogP) is 6.31. The highest BCUT2D eigenvalue weighted by Crippen LogP contribution is 2.37. The molecule has 0 heterocycles. The van der Waals surface area contributed by atoms with Gasteiger partial charge in [-0.1, -0.05) is 74.4 Å². The van der Waals surface area contributed by atoms with Crippen molar-refractivity contribution in [2.75, 3.05) is 6.66 Å². The molecule has 21 heavy (non-hydrogen) atoms. The summed E-state index contributed by atoms with van der Waals surface area (Å²) in [6.45, 7) is 23.1. The predicted molar refractivity (Wildman–Crippen MR) is 101 cm³/mol. The second-order valence-electron chi connectivity index (χ2n) is 9.12. The average Bonchev–Trinajstić information content (AvgIpc) is 2.24. The topological polar surface area (TPSA) is 0 Å². The second kappa shape index (κ2) is 5.88. The van der Waals surface area contributed by atoms with Gasteiger partial charge in [-0.25, -0.2) is 0 Å². The zero-order valence-corrected chi connectivity index (χ0v) is 16.6. The smallest absolute Gasteiger partial charge is 0.0126 e. The van der Waals surface area contributed by atoms with Crippen LogP contribution in [0.1, 0.15) is 84.6 Å². The summed E-state index contributed by atoms with van der Waals surface area (Å²) < 4.78 is 0. The van der Waals surface area contributed by atoms with Gasteiger partial charge in [-0.3, -0.25) is 0 Å². The zero-order chi connectivity index (χ0) is 16.6. The molecule has 0 saturated heterocycles. The Balaban J connectivity index is 3.84. The van der Waals surface area contributed by atoms with Crippen LogP contribution in [-0.4, -0.2) is 12.5 Å². The Labute approximate surface area is 134 Å². The first-order valence-electron chi connectivity index (χ1n) is 7.90. The van der Waals surface area contributed by atoms with Gasteiger partial charge in [-0.05, 0) is 51.0 Å². The highest BCUT2D eigenvalue weighted by Gasteiger charge is 2.27. The van der Waals surface area contributed by atoms with Crippen molar-refractivity contribution >= 4 is 14.0 Å². The third kappa shape index (κ3) is 4.43. The Morgan fingerprint density at radius 3 is 1.33 bits per heavy atom. The Bertz CT molecular complexity index is 493. The van der Waals surface area contributed by atoms with E-state index in [4.69, 9.17) is 0 Å². The van der Waals surface area contributed by atoms with Crippen LogP contribution in [0.15, 0.2) is 12.1 Å². The molecular formula is C20H33P. The van der Waals surface area contributed by atoms with Crippen molar-refractivity contribution in [3.8, 4) is 0 Å². The van der Waals surface area contributed by atoms with Gasteiger partial charge in [0.1, 0.15) is 0 Å². The minimum absolute atomic E-state index is 0.164. The number of rotatable bonds is 1. The minimum Gasteiger partial charge on any atom is -0.107 e. The number of hydrogen-bond donors (Lipinski definition) is 0. The van der Waals surface area contributed by atoms with Crippen LogP contribution in [0.2, 0.25) is 0 Å². The first-order chi connectivity index (χ1) is 9.28. The van der Waals surface area contributed by atoms with Gasteiger partial charge in [0.25, 0.3) is 0 Å². The molecule has 1 heteroatoms. The molecule has 0 aliphatic carbocycles. The Morgan fingerprint density at radius 1 is 0.714 bits per heavy atom. The van der Waals surface area contributed by atoms with Gasteiger partial charge >= 0.3 is 0 Å². The van der Waals surface area contributed by atoms with E-state index in [0.717, 1.165) is 0 Å². The molecule has 0 aliphatic rings. The van der Waals surface area contributed by atoms with Crippen molar-refractivity contribution in [3.05, 3.63) is 34.4 Å². The van der Waals surface area contributed by atoms with E-state index in [-0.39, 0.29) is 16.2 Å². The lowest BCUT2D eigenvalue weighted by Crippen LogP contribution is -2.24. The molecular weight excluding hydrogens is 271 g/mol. The molecule has 0 unspecified atom stereocenters. The van der Waals surface area contributed by atoms with Crippen molar-refractivity contribution in [1.82, 2.24) is 0 Å². The summed E-state index contributed by atoms with van der Waals surface area (Å²) in [6, 6.07) is 4.87. The average molecular weight is 304 g/mol. The fraction of sp³-hybridized carbons (Fsp3) is 0.650. The maximum absolute atomic E-state index is 2.44. The van der Waals surface area contributed by atoms with Crippen LogP contribution in [0.25, 0.3) is 0 Å². The molecule has 0 amide bonds. The third-order valence-electron chi connectivity index (χ3n) is 3.92. The Morgan fingerprint density at radius 2 is 1.10 bits per heavy atom. The van der Waals surface area contributed by atoms with Crippen molar-refractivity contribution in [1.29, 1.82) is 0 Å². The van der Waals surface area contributed by atoms with Crippen LogP contribution >= 0.6 is 8.20 Å². The van der Waals surface area contributed by atoms with Crippen LogP contribution in [0.5, 0.6) is 0 Å². The largest absolute Gasteiger partial charge is 0.107 e. The highest BCUT2D eigenvalue weighted by atomic mass is 31.1. The summed E-state index contributed by atoms with van der Waals surface area (Å²) in [6.07, 6.45) is 0. The minimum atomic E-state index is 0.164. The van der Waals surface area contributed by atoms with E-state index in [9.17, 15) is 0 Å². The van der Waals surface area contributed by atoms with E-state index in [1.165, 1.54) is 30.5 Å². The van der Waals surface area contributed by atoms with E-state index in [1.54, 1.807) is 0 Å². The molecule has 0 bridgehead atoms. The second-order valence-corrected chi connectivity index (χ2v) is 9.90. The Hall–Kier alpha value is -0.610. The van der Waals surface area contributed by atoms with E-state index in [2.05, 4.69) is 86.9 Å².